The Labute approximate surface area is 171 Å². The summed E-state index contributed by atoms with van der Waals surface area (Å²) in [6, 6.07) is 14.3. The van der Waals surface area contributed by atoms with Gasteiger partial charge in [0.1, 0.15) is 0 Å². The Hall–Kier alpha value is -3.39. The first kappa shape index (κ1) is 18.9. The van der Waals surface area contributed by atoms with Crippen LogP contribution in [-0.4, -0.2) is 23.6 Å². The first-order valence-electron chi connectivity index (χ1n) is 9.08. The minimum Gasteiger partial charge on any atom is -0.454 e. The van der Waals surface area contributed by atoms with Gasteiger partial charge in [0.05, 0.1) is 18.2 Å². The van der Waals surface area contributed by atoms with Gasteiger partial charge >= 0.3 is 0 Å². The van der Waals surface area contributed by atoms with E-state index in [1.807, 2.05) is 31.2 Å². The smallest absolute Gasteiger partial charge is 0.257 e. The Kier molecular flexibility index (Phi) is 5.44. The maximum Gasteiger partial charge on any atom is 0.257 e. The molecular formula is C21H19N3O4S. The molecule has 7 nitrogen and oxygen atoms in total. The molecule has 0 radical (unpaired) electrons. The van der Waals surface area contributed by atoms with E-state index in [0.29, 0.717) is 27.9 Å². The molecular weight excluding hydrogens is 390 g/mol. The fraction of sp³-hybridized carbons (Fsp3) is 0.190. The van der Waals surface area contributed by atoms with E-state index in [1.165, 1.54) is 11.3 Å². The Balaban J connectivity index is 1.32. The largest absolute Gasteiger partial charge is 0.454 e. The second kappa shape index (κ2) is 8.32. The van der Waals surface area contributed by atoms with Crippen LogP contribution in [0.2, 0.25) is 0 Å². The average Bonchev–Trinajstić information content (AvgIpc) is 3.37. The first-order chi connectivity index (χ1) is 14.1. The van der Waals surface area contributed by atoms with Gasteiger partial charge in [-0.3, -0.25) is 14.9 Å². The van der Waals surface area contributed by atoms with Crippen LogP contribution in [0.1, 0.15) is 34.6 Å². The molecule has 1 aliphatic rings. The predicted molar refractivity (Wildman–Crippen MR) is 109 cm³/mol. The molecule has 3 aromatic rings. The number of carbonyl (C=O) groups excluding carboxylic acids is 2. The van der Waals surface area contributed by atoms with E-state index in [-0.39, 0.29) is 31.1 Å². The van der Waals surface area contributed by atoms with Crippen LogP contribution >= 0.6 is 11.3 Å². The second-order valence-electron chi connectivity index (χ2n) is 6.54. The highest BCUT2D eigenvalue weighted by Crippen LogP contribution is 2.34. The highest BCUT2D eigenvalue weighted by Gasteiger charge is 2.17. The van der Waals surface area contributed by atoms with Crippen LogP contribution in [-0.2, 0) is 11.2 Å². The maximum absolute atomic E-state index is 12.4. The van der Waals surface area contributed by atoms with E-state index < -0.39 is 0 Å². The summed E-state index contributed by atoms with van der Waals surface area (Å²) >= 11 is 1.29. The number of fused-ring (bicyclic) bond motifs is 1. The molecule has 1 aromatic heterocycles. The monoisotopic (exact) mass is 409 g/mol. The Morgan fingerprint density at radius 1 is 1.14 bits per heavy atom. The fourth-order valence-electron chi connectivity index (χ4n) is 2.93. The van der Waals surface area contributed by atoms with E-state index in [0.717, 1.165) is 5.56 Å². The van der Waals surface area contributed by atoms with Crippen molar-refractivity contribution in [3.63, 3.8) is 0 Å². The van der Waals surface area contributed by atoms with E-state index >= 15 is 0 Å². The van der Waals surface area contributed by atoms with E-state index in [1.54, 1.807) is 29.6 Å². The molecule has 2 amide bonds. The van der Waals surface area contributed by atoms with Crippen molar-refractivity contribution in [2.75, 3.05) is 12.1 Å². The summed E-state index contributed by atoms with van der Waals surface area (Å²) in [6.45, 7) is 2.12. The first-order valence-corrected chi connectivity index (χ1v) is 9.96. The zero-order chi connectivity index (χ0) is 20.2. The number of hydrogen-bond donors (Lipinski definition) is 2. The van der Waals surface area contributed by atoms with Crippen molar-refractivity contribution >= 4 is 28.3 Å². The quantitative estimate of drug-likeness (QED) is 0.650. The number of hydrogen-bond acceptors (Lipinski definition) is 6. The van der Waals surface area contributed by atoms with Gasteiger partial charge in [0, 0.05) is 10.9 Å². The standard InChI is InChI=1S/C21H19N3O4S/c1-13(15-7-8-17-18(9-15)28-12-27-17)22-19(25)10-16-11-29-21(23-16)24-20(26)14-5-3-2-4-6-14/h2-9,11,13H,10,12H2,1H3,(H,22,25)(H,23,24,26). The van der Waals surface area contributed by atoms with Crippen LogP contribution in [0.15, 0.2) is 53.9 Å². The van der Waals surface area contributed by atoms with Gasteiger partial charge in [-0.15, -0.1) is 11.3 Å². The number of rotatable bonds is 6. The van der Waals surface area contributed by atoms with Crippen molar-refractivity contribution in [1.82, 2.24) is 10.3 Å². The fourth-order valence-corrected chi connectivity index (χ4v) is 3.63. The molecule has 0 bridgehead atoms. The molecule has 0 fully saturated rings. The SMILES string of the molecule is CC(NC(=O)Cc1csc(NC(=O)c2ccccc2)n1)c1ccc2c(c1)OCO2. The van der Waals surface area contributed by atoms with E-state index in [2.05, 4.69) is 15.6 Å². The van der Waals surface area contributed by atoms with Gasteiger partial charge in [0.2, 0.25) is 12.7 Å². The number of ether oxygens (including phenoxy) is 2. The summed E-state index contributed by atoms with van der Waals surface area (Å²) < 4.78 is 10.7. The summed E-state index contributed by atoms with van der Waals surface area (Å²) in [4.78, 5) is 28.9. The van der Waals surface area contributed by atoms with Gasteiger partial charge in [0.15, 0.2) is 16.6 Å². The topological polar surface area (TPSA) is 89.6 Å². The van der Waals surface area contributed by atoms with Crippen LogP contribution in [0.3, 0.4) is 0 Å². The van der Waals surface area contributed by atoms with Crippen molar-refractivity contribution in [2.45, 2.75) is 19.4 Å². The number of thiazole rings is 1. The lowest BCUT2D eigenvalue weighted by Gasteiger charge is -2.14. The zero-order valence-corrected chi connectivity index (χ0v) is 16.5. The molecule has 1 aliphatic heterocycles. The number of nitrogens with one attached hydrogen (secondary N) is 2. The third kappa shape index (κ3) is 4.55. The lowest BCUT2D eigenvalue weighted by Crippen LogP contribution is -2.28. The average molecular weight is 409 g/mol. The van der Waals surface area contributed by atoms with Gasteiger partial charge < -0.3 is 14.8 Å². The van der Waals surface area contributed by atoms with Crippen LogP contribution in [0.25, 0.3) is 0 Å². The van der Waals surface area contributed by atoms with Crippen molar-refractivity contribution in [3.05, 3.63) is 70.7 Å². The van der Waals surface area contributed by atoms with Crippen molar-refractivity contribution < 1.29 is 19.1 Å². The van der Waals surface area contributed by atoms with Gasteiger partial charge in [-0.1, -0.05) is 24.3 Å². The van der Waals surface area contributed by atoms with Crippen molar-refractivity contribution in [2.24, 2.45) is 0 Å². The number of carbonyl (C=O) groups is 2. The van der Waals surface area contributed by atoms with Gasteiger partial charge in [-0.2, -0.15) is 0 Å². The van der Waals surface area contributed by atoms with Gasteiger partial charge in [-0.05, 0) is 36.8 Å². The lowest BCUT2D eigenvalue weighted by molar-refractivity contribution is -0.121. The summed E-state index contributed by atoms with van der Waals surface area (Å²) in [5.74, 6) is 1.01. The van der Waals surface area contributed by atoms with Gasteiger partial charge in [0.25, 0.3) is 5.91 Å². The molecule has 1 unspecified atom stereocenters. The molecule has 0 spiro atoms. The summed E-state index contributed by atoms with van der Waals surface area (Å²) in [6.07, 6.45) is 0.132. The van der Waals surface area contributed by atoms with Crippen molar-refractivity contribution in [3.8, 4) is 11.5 Å². The Bertz CT molecular complexity index is 1040. The molecule has 0 aliphatic carbocycles. The third-order valence-electron chi connectivity index (χ3n) is 4.42. The number of anilines is 1. The molecule has 4 rings (SSSR count). The highest BCUT2D eigenvalue weighted by atomic mass is 32.1. The summed E-state index contributed by atoms with van der Waals surface area (Å²) in [5, 5.41) is 7.94. The molecule has 2 N–H and O–H groups in total. The van der Waals surface area contributed by atoms with Crippen LogP contribution in [0.5, 0.6) is 11.5 Å². The predicted octanol–water partition coefficient (Wildman–Crippen LogP) is 3.54. The molecule has 2 heterocycles. The summed E-state index contributed by atoms with van der Waals surface area (Å²) in [5.41, 5.74) is 2.09. The molecule has 0 saturated heterocycles. The number of benzene rings is 2. The molecule has 0 saturated carbocycles. The maximum atomic E-state index is 12.4. The van der Waals surface area contributed by atoms with Crippen LogP contribution in [0.4, 0.5) is 5.13 Å². The number of nitrogens with zero attached hydrogens (tertiary/aromatic N) is 1. The Morgan fingerprint density at radius 2 is 1.93 bits per heavy atom. The highest BCUT2D eigenvalue weighted by molar-refractivity contribution is 7.14. The van der Waals surface area contributed by atoms with Gasteiger partial charge in [-0.25, -0.2) is 4.98 Å². The number of aromatic nitrogens is 1. The summed E-state index contributed by atoms with van der Waals surface area (Å²) in [7, 11) is 0. The third-order valence-corrected chi connectivity index (χ3v) is 5.23. The van der Waals surface area contributed by atoms with E-state index in [4.69, 9.17) is 9.47 Å². The molecule has 29 heavy (non-hydrogen) atoms. The molecule has 8 heteroatoms. The van der Waals surface area contributed by atoms with Crippen molar-refractivity contribution in [1.29, 1.82) is 0 Å². The number of amides is 2. The Morgan fingerprint density at radius 3 is 2.76 bits per heavy atom. The molecule has 2 aromatic carbocycles. The normalized spacial score (nSPS) is 13.0. The second-order valence-corrected chi connectivity index (χ2v) is 7.40. The molecule has 148 valence electrons. The van der Waals surface area contributed by atoms with Crippen LogP contribution < -0.4 is 20.1 Å². The van der Waals surface area contributed by atoms with Crippen LogP contribution in [0, 0.1) is 0 Å². The minimum absolute atomic E-state index is 0.132. The molecule has 1 atom stereocenters. The van der Waals surface area contributed by atoms with E-state index in [9.17, 15) is 9.59 Å². The lowest BCUT2D eigenvalue weighted by atomic mass is 10.1. The zero-order valence-electron chi connectivity index (χ0n) is 15.7. The minimum atomic E-state index is -0.229.